The van der Waals surface area contributed by atoms with Crippen molar-refractivity contribution in [1.82, 2.24) is 24.8 Å². The molecular weight excluding hydrogens is 302 g/mol. The van der Waals surface area contributed by atoms with Crippen molar-refractivity contribution in [2.75, 3.05) is 23.7 Å². The Labute approximate surface area is 144 Å². The van der Waals surface area contributed by atoms with Crippen molar-refractivity contribution >= 4 is 17.7 Å². The van der Waals surface area contributed by atoms with Gasteiger partial charge >= 0.3 is 0 Å². The van der Waals surface area contributed by atoms with E-state index in [1.165, 1.54) is 0 Å². The second-order valence-electron chi connectivity index (χ2n) is 6.27. The summed E-state index contributed by atoms with van der Waals surface area (Å²) in [6.07, 6.45) is 3.35. The summed E-state index contributed by atoms with van der Waals surface area (Å²) < 4.78 is 0. The van der Waals surface area contributed by atoms with Crippen LogP contribution in [0.4, 0.5) is 17.7 Å². The number of hydrogen-bond acceptors (Lipinski definition) is 7. The molecule has 0 aliphatic rings. The fourth-order valence-electron chi connectivity index (χ4n) is 2.60. The van der Waals surface area contributed by atoms with Gasteiger partial charge in [0.1, 0.15) is 5.82 Å². The first-order valence-electron chi connectivity index (χ1n) is 8.35. The fourth-order valence-corrected chi connectivity index (χ4v) is 2.60. The number of hydrogen-bond donors (Lipinski definition) is 2. The maximum atomic E-state index is 4.48. The Bertz CT molecular complexity index is 620. The van der Waals surface area contributed by atoms with Gasteiger partial charge in [-0.05, 0) is 40.7 Å². The second kappa shape index (κ2) is 8.54. The van der Waals surface area contributed by atoms with Crippen LogP contribution in [-0.2, 0) is 0 Å². The topological polar surface area (TPSA) is 78.9 Å². The Morgan fingerprint density at radius 2 is 1.67 bits per heavy atom. The molecule has 0 fully saturated rings. The summed E-state index contributed by atoms with van der Waals surface area (Å²) >= 11 is 0. The zero-order chi connectivity index (χ0) is 17.5. The van der Waals surface area contributed by atoms with Crippen LogP contribution >= 0.6 is 0 Å². The van der Waals surface area contributed by atoms with E-state index in [1.54, 1.807) is 18.5 Å². The van der Waals surface area contributed by atoms with E-state index in [0.29, 0.717) is 24.0 Å². The molecule has 2 rings (SSSR count). The molecule has 0 spiro atoms. The van der Waals surface area contributed by atoms with E-state index in [2.05, 4.69) is 63.2 Å². The number of anilines is 3. The molecule has 7 nitrogen and oxygen atoms in total. The molecule has 0 bridgehead atoms. The first kappa shape index (κ1) is 18.1. The molecule has 0 saturated heterocycles. The molecule has 0 aromatic carbocycles. The molecule has 0 aliphatic carbocycles. The summed E-state index contributed by atoms with van der Waals surface area (Å²) in [4.78, 5) is 19.6. The predicted molar refractivity (Wildman–Crippen MR) is 97.6 cm³/mol. The van der Waals surface area contributed by atoms with Gasteiger partial charge in [-0.3, -0.25) is 10.2 Å². The van der Waals surface area contributed by atoms with Crippen LogP contribution < -0.4 is 10.6 Å². The van der Waals surface area contributed by atoms with Crippen molar-refractivity contribution in [3.63, 3.8) is 0 Å². The van der Waals surface area contributed by atoms with Crippen LogP contribution in [0.1, 0.15) is 33.4 Å². The Morgan fingerprint density at radius 1 is 1.00 bits per heavy atom. The smallest absolute Gasteiger partial charge is 0.231 e. The van der Waals surface area contributed by atoms with Gasteiger partial charge in [0, 0.05) is 49.3 Å². The minimum atomic E-state index is 0.486. The highest BCUT2D eigenvalue weighted by atomic mass is 15.2. The van der Waals surface area contributed by atoms with Gasteiger partial charge in [0.15, 0.2) is 0 Å². The van der Waals surface area contributed by atoms with Crippen LogP contribution in [0.2, 0.25) is 0 Å². The summed E-state index contributed by atoms with van der Waals surface area (Å²) in [5.74, 6) is 1.78. The lowest BCUT2D eigenvalue weighted by Crippen LogP contribution is -2.40. The molecule has 0 saturated carbocycles. The molecular formula is C17H27N7. The zero-order valence-electron chi connectivity index (χ0n) is 15.1. The van der Waals surface area contributed by atoms with Crippen LogP contribution in [0.15, 0.2) is 24.5 Å². The number of nitrogens with one attached hydrogen (secondary N) is 2. The van der Waals surface area contributed by atoms with Gasteiger partial charge in [-0.25, -0.2) is 15.0 Å². The quantitative estimate of drug-likeness (QED) is 0.771. The highest BCUT2D eigenvalue weighted by Gasteiger charge is 2.12. The monoisotopic (exact) mass is 329 g/mol. The molecule has 0 radical (unpaired) electrons. The van der Waals surface area contributed by atoms with E-state index in [1.807, 2.05) is 13.0 Å². The van der Waals surface area contributed by atoms with Gasteiger partial charge in [0.2, 0.25) is 11.9 Å². The first-order valence-corrected chi connectivity index (χ1v) is 8.35. The Kier molecular flexibility index (Phi) is 6.43. The maximum absolute atomic E-state index is 4.48. The highest BCUT2D eigenvalue weighted by molar-refractivity contribution is 5.47. The van der Waals surface area contributed by atoms with Gasteiger partial charge in [-0.1, -0.05) is 0 Å². The minimum absolute atomic E-state index is 0.486. The van der Waals surface area contributed by atoms with Gasteiger partial charge in [0.05, 0.1) is 0 Å². The molecule has 2 heterocycles. The van der Waals surface area contributed by atoms with E-state index in [0.717, 1.165) is 24.6 Å². The molecule has 2 aromatic heterocycles. The van der Waals surface area contributed by atoms with Crippen molar-refractivity contribution in [1.29, 1.82) is 0 Å². The van der Waals surface area contributed by atoms with Crippen molar-refractivity contribution < 1.29 is 0 Å². The SMILES string of the molecule is Cc1cc(NCCN(C(C)C)C(C)C)nc(Nc2ncccn2)n1. The molecule has 0 unspecified atom stereocenters. The summed E-state index contributed by atoms with van der Waals surface area (Å²) in [6, 6.07) is 4.74. The third-order valence-electron chi connectivity index (χ3n) is 3.65. The van der Waals surface area contributed by atoms with Crippen molar-refractivity contribution in [2.24, 2.45) is 0 Å². The Hall–Kier alpha value is -2.28. The lowest BCUT2D eigenvalue weighted by Gasteiger charge is -2.30. The normalized spacial score (nSPS) is 11.3. The molecule has 24 heavy (non-hydrogen) atoms. The third kappa shape index (κ3) is 5.42. The van der Waals surface area contributed by atoms with Crippen LogP contribution in [-0.4, -0.2) is 50.0 Å². The molecule has 0 amide bonds. The number of nitrogens with zero attached hydrogens (tertiary/aromatic N) is 5. The lowest BCUT2D eigenvalue weighted by atomic mass is 10.2. The fraction of sp³-hybridized carbons (Fsp3) is 0.529. The summed E-state index contributed by atoms with van der Waals surface area (Å²) in [7, 11) is 0. The first-order chi connectivity index (χ1) is 11.5. The molecule has 7 heteroatoms. The van der Waals surface area contributed by atoms with Crippen LogP contribution in [0.5, 0.6) is 0 Å². The maximum Gasteiger partial charge on any atom is 0.231 e. The molecule has 2 aromatic rings. The molecule has 0 atom stereocenters. The largest absolute Gasteiger partial charge is 0.369 e. The molecule has 130 valence electrons. The number of aromatic nitrogens is 4. The van der Waals surface area contributed by atoms with Gasteiger partial charge in [-0.15, -0.1) is 0 Å². The minimum Gasteiger partial charge on any atom is -0.369 e. The standard InChI is InChI=1S/C17H27N7/c1-12(2)24(13(3)4)10-9-18-15-11-14(5)21-17(22-15)23-16-19-7-6-8-20-16/h6-8,11-13H,9-10H2,1-5H3,(H2,18,19,20,21,22,23). The van der Waals surface area contributed by atoms with E-state index in [-0.39, 0.29) is 0 Å². The Balaban J connectivity index is 1.98. The van der Waals surface area contributed by atoms with Crippen LogP contribution in [0, 0.1) is 6.92 Å². The van der Waals surface area contributed by atoms with Crippen LogP contribution in [0.25, 0.3) is 0 Å². The van der Waals surface area contributed by atoms with E-state index >= 15 is 0 Å². The van der Waals surface area contributed by atoms with Gasteiger partial charge < -0.3 is 5.32 Å². The average molecular weight is 329 g/mol. The summed E-state index contributed by atoms with van der Waals surface area (Å²) in [5.41, 5.74) is 0.885. The molecule has 2 N–H and O–H groups in total. The average Bonchev–Trinajstić information content (AvgIpc) is 2.51. The van der Waals surface area contributed by atoms with E-state index < -0.39 is 0 Å². The predicted octanol–water partition coefficient (Wildman–Crippen LogP) is 2.85. The van der Waals surface area contributed by atoms with E-state index in [9.17, 15) is 0 Å². The number of rotatable bonds is 8. The second-order valence-corrected chi connectivity index (χ2v) is 6.27. The highest BCUT2D eigenvalue weighted by Crippen LogP contribution is 2.12. The van der Waals surface area contributed by atoms with E-state index in [4.69, 9.17) is 0 Å². The van der Waals surface area contributed by atoms with Crippen molar-refractivity contribution in [3.05, 3.63) is 30.2 Å². The third-order valence-corrected chi connectivity index (χ3v) is 3.65. The number of aryl methyl sites for hydroxylation is 1. The van der Waals surface area contributed by atoms with Crippen molar-refractivity contribution in [3.8, 4) is 0 Å². The summed E-state index contributed by atoms with van der Waals surface area (Å²) in [5, 5.41) is 6.40. The Morgan fingerprint density at radius 3 is 2.29 bits per heavy atom. The van der Waals surface area contributed by atoms with Gasteiger partial charge in [0.25, 0.3) is 0 Å². The summed E-state index contributed by atoms with van der Waals surface area (Å²) in [6.45, 7) is 12.6. The molecule has 0 aliphatic heterocycles. The van der Waals surface area contributed by atoms with Crippen LogP contribution in [0.3, 0.4) is 0 Å². The zero-order valence-corrected chi connectivity index (χ0v) is 15.1. The van der Waals surface area contributed by atoms with Gasteiger partial charge in [-0.2, -0.15) is 4.98 Å². The lowest BCUT2D eigenvalue weighted by molar-refractivity contribution is 0.182. The van der Waals surface area contributed by atoms with Crippen molar-refractivity contribution in [2.45, 2.75) is 46.7 Å².